The first-order valence-electron chi connectivity index (χ1n) is 7.15. The number of hydrogen-bond donors (Lipinski definition) is 1. The molecule has 1 fully saturated rings. The zero-order valence-corrected chi connectivity index (χ0v) is 11.3. The summed E-state index contributed by atoms with van der Waals surface area (Å²) in [7, 11) is 0. The van der Waals surface area contributed by atoms with Crippen LogP contribution in [0.5, 0.6) is 0 Å². The number of nitrogens with one attached hydrogen (secondary N) is 1. The summed E-state index contributed by atoms with van der Waals surface area (Å²) < 4.78 is 2.15. The molecular formula is C17H17N3. The first-order valence-corrected chi connectivity index (χ1v) is 7.15. The van der Waals surface area contributed by atoms with Gasteiger partial charge in [-0.25, -0.2) is 4.98 Å². The number of hydrogen-bond acceptors (Lipinski definition) is 2. The van der Waals surface area contributed by atoms with E-state index in [1.54, 1.807) is 0 Å². The molecule has 0 amide bonds. The normalized spacial score (nSPS) is 14.8. The molecule has 0 atom stereocenters. The van der Waals surface area contributed by atoms with Crippen LogP contribution in [0, 0.1) is 0 Å². The summed E-state index contributed by atoms with van der Waals surface area (Å²) in [5.74, 6) is 0. The Labute approximate surface area is 118 Å². The van der Waals surface area contributed by atoms with Gasteiger partial charge in [-0.3, -0.25) is 4.57 Å². The largest absolute Gasteiger partial charge is 0.310 e. The van der Waals surface area contributed by atoms with Crippen molar-refractivity contribution in [3.05, 3.63) is 60.4 Å². The van der Waals surface area contributed by atoms with E-state index in [0.29, 0.717) is 0 Å². The van der Waals surface area contributed by atoms with Crippen molar-refractivity contribution in [1.29, 1.82) is 0 Å². The van der Waals surface area contributed by atoms with E-state index in [1.165, 1.54) is 24.1 Å². The van der Waals surface area contributed by atoms with E-state index < -0.39 is 0 Å². The van der Waals surface area contributed by atoms with Gasteiger partial charge in [-0.1, -0.05) is 24.3 Å². The zero-order chi connectivity index (χ0) is 13.4. The molecule has 1 N–H and O–H groups in total. The molecule has 0 radical (unpaired) electrons. The lowest BCUT2D eigenvalue weighted by atomic mass is 10.2. The molecular weight excluding hydrogens is 246 g/mol. The average Bonchev–Trinajstić information content (AvgIpc) is 3.23. The maximum absolute atomic E-state index is 4.46. The summed E-state index contributed by atoms with van der Waals surface area (Å²) in [5.41, 5.74) is 4.69. The summed E-state index contributed by atoms with van der Waals surface area (Å²) in [6.07, 6.45) is 4.55. The topological polar surface area (TPSA) is 29.9 Å². The van der Waals surface area contributed by atoms with Gasteiger partial charge < -0.3 is 5.32 Å². The number of para-hydroxylation sites is 2. The fourth-order valence-electron chi connectivity index (χ4n) is 2.53. The van der Waals surface area contributed by atoms with Crippen LogP contribution in [0.15, 0.2) is 54.9 Å². The molecule has 4 rings (SSSR count). The van der Waals surface area contributed by atoms with Gasteiger partial charge >= 0.3 is 0 Å². The van der Waals surface area contributed by atoms with Crippen LogP contribution in [0.4, 0.5) is 0 Å². The van der Waals surface area contributed by atoms with Gasteiger partial charge in [0.15, 0.2) is 0 Å². The first-order chi connectivity index (χ1) is 9.90. The van der Waals surface area contributed by atoms with Crippen molar-refractivity contribution in [3.8, 4) is 5.69 Å². The third-order valence-corrected chi connectivity index (χ3v) is 3.81. The highest BCUT2D eigenvalue weighted by Gasteiger charge is 2.19. The van der Waals surface area contributed by atoms with E-state index in [9.17, 15) is 0 Å². The van der Waals surface area contributed by atoms with E-state index >= 15 is 0 Å². The van der Waals surface area contributed by atoms with Crippen LogP contribution >= 0.6 is 0 Å². The number of fused-ring (bicyclic) bond motifs is 1. The van der Waals surface area contributed by atoms with Gasteiger partial charge in [-0.05, 0) is 42.7 Å². The Hall–Kier alpha value is -2.13. The van der Waals surface area contributed by atoms with Gasteiger partial charge in [-0.15, -0.1) is 0 Å². The molecule has 2 aromatic carbocycles. The van der Waals surface area contributed by atoms with Crippen LogP contribution < -0.4 is 5.32 Å². The number of imidazole rings is 1. The molecule has 3 nitrogen and oxygen atoms in total. The minimum absolute atomic E-state index is 0.743. The van der Waals surface area contributed by atoms with Gasteiger partial charge in [0, 0.05) is 18.3 Å². The Morgan fingerprint density at radius 2 is 2.00 bits per heavy atom. The van der Waals surface area contributed by atoms with E-state index in [1.807, 2.05) is 18.5 Å². The number of rotatable bonds is 4. The maximum atomic E-state index is 4.46. The minimum atomic E-state index is 0.743. The molecule has 0 saturated heterocycles. The van der Waals surface area contributed by atoms with Gasteiger partial charge in [-0.2, -0.15) is 0 Å². The highest BCUT2D eigenvalue weighted by Crippen LogP contribution is 2.21. The van der Waals surface area contributed by atoms with Crippen LogP contribution in [0.2, 0.25) is 0 Å². The molecule has 1 aromatic heterocycles. The maximum Gasteiger partial charge on any atom is 0.100 e. The molecule has 3 aromatic rings. The van der Waals surface area contributed by atoms with Crippen LogP contribution in [0.3, 0.4) is 0 Å². The second-order valence-corrected chi connectivity index (χ2v) is 5.43. The molecule has 1 saturated carbocycles. The van der Waals surface area contributed by atoms with Crippen molar-refractivity contribution < 1.29 is 0 Å². The molecule has 0 bridgehead atoms. The summed E-state index contributed by atoms with van der Waals surface area (Å²) in [6.45, 7) is 0.950. The van der Waals surface area contributed by atoms with E-state index in [4.69, 9.17) is 0 Å². The fourth-order valence-corrected chi connectivity index (χ4v) is 2.53. The van der Waals surface area contributed by atoms with Crippen LogP contribution in [-0.4, -0.2) is 15.6 Å². The highest BCUT2D eigenvalue weighted by molar-refractivity contribution is 5.77. The smallest absolute Gasteiger partial charge is 0.100 e. The van der Waals surface area contributed by atoms with Crippen molar-refractivity contribution >= 4 is 11.0 Å². The number of aromatic nitrogens is 2. The summed E-state index contributed by atoms with van der Waals surface area (Å²) >= 11 is 0. The van der Waals surface area contributed by atoms with E-state index in [0.717, 1.165) is 23.6 Å². The molecule has 100 valence electrons. The van der Waals surface area contributed by atoms with Crippen molar-refractivity contribution in [2.24, 2.45) is 0 Å². The molecule has 0 unspecified atom stereocenters. The second-order valence-electron chi connectivity index (χ2n) is 5.43. The number of benzene rings is 2. The Kier molecular flexibility index (Phi) is 2.78. The summed E-state index contributed by atoms with van der Waals surface area (Å²) in [4.78, 5) is 4.46. The third kappa shape index (κ3) is 2.21. The molecule has 1 aliphatic carbocycles. The van der Waals surface area contributed by atoms with E-state index in [-0.39, 0.29) is 0 Å². The molecule has 1 aliphatic rings. The van der Waals surface area contributed by atoms with Gasteiger partial charge in [0.1, 0.15) is 6.33 Å². The first kappa shape index (κ1) is 11.7. The van der Waals surface area contributed by atoms with Crippen molar-refractivity contribution in [3.63, 3.8) is 0 Å². The van der Waals surface area contributed by atoms with Crippen molar-refractivity contribution in [2.75, 3.05) is 0 Å². The fraction of sp³-hybridized carbons (Fsp3) is 0.235. The SMILES string of the molecule is c1cc(CNC2CC2)cc(-n2cnc3ccccc32)c1. The Bertz CT molecular complexity index is 741. The van der Waals surface area contributed by atoms with Crippen LogP contribution in [0.25, 0.3) is 16.7 Å². The van der Waals surface area contributed by atoms with Gasteiger partial charge in [0.25, 0.3) is 0 Å². The number of nitrogens with zero attached hydrogens (tertiary/aromatic N) is 2. The zero-order valence-electron chi connectivity index (χ0n) is 11.3. The lowest BCUT2D eigenvalue weighted by Crippen LogP contribution is -2.15. The highest BCUT2D eigenvalue weighted by atomic mass is 15.0. The van der Waals surface area contributed by atoms with Crippen LogP contribution in [0.1, 0.15) is 18.4 Å². The molecule has 3 heteroatoms. The predicted octanol–water partition coefficient (Wildman–Crippen LogP) is 3.28. The monoisotopic (exact) mass is 263 g/mol. The van der Waals surface area contributed by atoms with E-state index in [2.05, 4.69) is 51.3 Å². The van der Waals surface area contributed by atoms with Crippen molar-refractivity contribution in [2.45, 2.75) is 25.4 Å². The third-order valence-electron chi connectivity index (χ3n) is 3.81. The Morgan fingerprint density at radius 1 is 1.10 bits per heavy atom. The lowest BCUT2D eigenvalue weighted by molar-refractivity contribution is 0.687. The summed E-state index contributed by atoms with van der Waals surface area (Å²) in [5, 5.41) is 3.56. The van der Waals surface area contributed by atoms with Crippen molar-refractivity contribution in [1.82, 2.24) is 14.9 Å². The minimum Gasteiger partial charge on any atom is -0.310 e. The summed E-state index contributed by atoms with van der Waals surface area (Å²) in [6, 6.07) is 17.6. The molecule has 1 heterocycles. The quantitative estimate of drug-likeness (QED) is 0.783. The second kappa shape index (κ2) is 4.76. The Balaban J connectivity index is 1.68. The lowest BCUT2D eigenvalue weighted by Gasteiger charge is -2.08. The molecule has 20 heavy (non-hydrogen) atoms. The standard InChI is InChI=1S/C17H17N3/c1-2-7-17-16(6-1)19-12-20(17)15-5-3-4-13(10-15)11-18-14-8-9-14/h1-7,10,12,14,18H,8-9,11H2. The van der Waals surface area contributed by atoms with Crippen LogP contribution in [-0.2, 0) is 6.54 Å². The molecule has 0 spiro atoms. The average molecular weight is 263 g/mol. The Morgan fingerprint density at radius 3 is 2.90 bits per heavy atom. The van der Waals surface area contributed by atoms with Gasteiger partial charge in [0.05, 0.1) is 11.0 Å². The molecule has 0 aliphatic heterocycles. The van der Waals surface area contributed by atoms with Gasteiger partial charge in [0.2, 0.25) is 0 Å². The predicted molar refractivity (Wildman–Crippen MR) is 80.9 cm³/mol.